The molecule has 0 aliphatic carbocycles. The summed E-state index contributed by atoms with van der Waals surface area (Å²) in [5, 5.41) is 0. The van der Waals surface area contributed by atoms with Crippen molar-refractivity contribution in [2.24, 2.45) is 0 Å². The molecule has 1 atom stereocenters. The molecule has 1 N–H and O–H groups in total. The van der Waals surface area contributed by atoms with Crippen LogP contribution in [0, 0.1) is 0 Å². The third-order valence-corrected chi connectivity index (χ3v) is 3.91. The summed E-state index contributed by atoms with van der Waals surface area (Å²) in [4.78, 5) is -0.0853. The van der Waals surface area contributed by atoms with Crippen LogP contribution in [-0.4, -0.2) is 31.5 Å². The van der Waals surface area contributed by atoms with Crippen LogP contribution < -0.4 is 0 Å². The second-order valence-electron chi connectivity index (χ2n) is 5.11. The second kappa shape index (κ2) is 5.20. The molecule has 2 rings (SSSR count). The van der Waals surface area contributed by atoms with Crippen LogP contribution in [0.1, 0.15) is 25.8 Å². The Labute approximate surface area is 113 Å². The Morgan fingerprint density at radius 3 is 2.42 bits per heavy atom. The molecule has 5 nitrogen and oxygen atoms in total. The van der Waals surface area contributed by atoms with Gasteiger partial charge in [-0.2, -0.15) is 8.42 Å². The highest BCUT2D eigenvalue weighted by molar-refractivity contribution is 7.85. The summed E-state index contributed by atoms with van der Waals surface area (Å²) < 4.78 is 41.8. The molecule has 0 spiro atoms. The molecule has 0 radical (unpaired) electrons. The molecule has 1 heterocycles. The number of hydrogen-bond acceptors (Lipinski definition) is 4. The van der Waals surface area contributed by atoms with Crippen molar-refractivity contribution in [3.63, 3.8) is 0 Å². The average Bonchev–Trinajstić information content (AvgIpc) is 2.66. The Hall–Kier alpha value is -0.950. The Morgan fingerprint density at radius 1 is 1.32 bits per heavy atom. The number of hydrogen-bond donors (Lipinski definition) is 1. The van der Waals surface area contributed by atoms with E-state index < -0.39 is 15.9 Å². The SMILES string of the molecule is CC1(C)OCC(CCc2ccc(S(=O)(=O)O)cc2)O1. The van der Waals surface area contributed by atoms with Crippen LogP contribution in [-0.2, 0) is 26.0 Å². The molecule has 19 heavy (non-hydrogen) atoms. The average molecular weight is 286 g/mol. The zero-order valence-electron chi connectivity index (χ0n) is 11.0. The molecule has 1 aromatic rings. The van der Waals surface area contributed by atoms with Gasteiger partial charge >= 0.3 is 0 Å². The minimum absolute atomic E-state index is 0.0660. The van der Waals surface area contributed by atoms with Crippen LogP contribution in [0.15, 0.2) is 29.2 Å². The molecule has 0 amide bonds. The molecular formula is C13H18O5S. The van der Waals surface area contributed by atoms with Gasteiger partial charge < -0.3 is 9.47 Å². The Kier molecular flexibility index (Phi) is 3.96. The van der Waals surface area contributed by atoms with E-state index in [0.717, 1.165) is 18.4 Å². The summed E-state index contributed by atoms with van der Waals surface area (Å²) in [5.41, 5.74) is 1.00. The fourth-order valence-corrected chi connectivity index (χ4v) is 2.54. The van der Waals surface area contributed by atoms with E-state index in [1.807, 2.05) is 13.8 Å². The summed E-state index contributed by atoms with van der Waals surface area (Å²) in [6, 6.07) is 6.20. The molecular weight excluding hydrogens is 268 g/mol. The maximum absolute atomic E-state index is 10.9. The van der Waals surface area contributed by atoms with Gasteiger partial charge in [-0.15, -0.1) is 0 Å². The number of benzene rings is 1. The minimum Gasteiger partial charge on any atom is -0.348 e. The van der Waals surface area contributed by atoms with E-state index >= 15 is 0 Å². The molecule has 1 unspecified atom stereocenters. The van der Waals surface area contributed by atoms with E-state index in [0.29, 0.717) is 6.61 Å². The quantitative estimate of drug-likeness (QED) is 0.857. The van der Waals surface area contributed by atoms with Crippen LogP contribution in [0.5, 0.6) is 0 Å². The summed E-state index contributed by atoms with van der Waals surface area (Å²) >= 11 is 0. The third-order valence-electron chi connectivity index (χ3n) is 3.04. The molecule has 1 saturated heterocycles. The van der Waals surface area contributed by atoms with Crippen molar-refractivity contribution in [2.45, 2.75) is 43.5 Å². The highest BCUT2D eigenvalue weighted by atomic mass is 32.2. The van der Waals surface area contributed by atoms with Gasteiger partial charge in [0.05, 0.1) is 17.6 Å². The lowest BCUT2D eigenvalue weighted by Crippen LogP contribution is -2.21. The molecule has 0 saturated carbocycles. The van der Waals surface area contributed by atoms with Gasteiger partial charge in [-0.3, -0.25) is 4.55 Å². The van der Waals surface area contributed by atoms with Gasteiger partial charge in [0.15, 0.2) is 5.79 Å². The fraction of sp³-hybridized carbons (Fsp3) is 0.538. The predicted molar refractivity (Wildman–Crippen MR) is 69.5 cm³/mol. The van der Waals surface area contributed by atoms with Crippen molar-refractivity contribution in [3.05, 3.63) is 29.8 Å². The zero-order chi connectivity index (χ0) is 14.1. The van der Waals surface area contributed by atoms with Gasteiger partial charge in [0.2, 0.25) is 0 Å². The summed E-state index contributed by atoms with van der Waals surface area (Å²) in [5.74, 6) is -0.514. The molecule has 0 bridgehead atoms. The van der Waals surface area contributed by atoms with Crippen molar-refractivity contribution in [3.8, 4) is 0 Å². The molecule has 0 aromatic heterocycles. The molecule has 6 heteroatoms. The zero-order valence-corrected chi connectivity index (χ0v) is 11.8. The summed E-state index contributed by atoms with van der Waals surface area (Å²) in [7, 11) is -4.11. The topological polar surface area (TPSA) is 72.8 Å². The second-order valence-corrected chi connectivity index (χ2v) is 6.53. The van der Waals surface area contributed by atoms with Gasteiger partial charge in [-0.05, 0) is 44.4 Å². The van der Waals surface area contributed by atoms with E-state index in [4.69, 9.17) is 14.0 Å². The molecule has 1 aromatic carbocycles. The Morgan fingerprint density at radius 2 is 1.95 bits per heavy atom. The number of rotatable bonds is 4. The fourth-order valence-electron chi connectivity index (χ4n) is 2.06. The number of aryl methyl sites for hydroxylation is 1. The van der Waals surface area contributed by atoms with Crippen molar-refractivity contribution in [2.75, 3.05) is 6.61 Å². The van der Waals surface area contributed by atoms with Crippen molar-refractivity contribution >= 4 is 10.1 Å². The van der Waals surface area contributed by atoms with Gasteiger partial charge in [0, 0.05) is 0 Å². The van der Waals surface area contributed by atoms with E-state index in [1.54, 1.807) is 12.1 Å². The minimum atomic E-state index is -4.11. The lowest BCUT2D eigenvalue weighted by atomic mass is 10.1. The smallest absolute Gasteiger partial charge is 0.294 e. The molecule has 106 valence electrons. The summed E-state index contributed by atoms with van der Waals surface area (Å²) in [6.07, 6.45) is 1.65. The van der Waals surface area contributed by atoms with Gasteiger partial charge in [-0.1, -0.05) is 12.1 Å². The van der Waals surface area contributed by atoms with Crippen LogP contribution in [0.3, 0.4) is 0 Å². The van der Waals surface area contributed by atoms with Gasteiger partial charge in [0.1, 0.15) is 0 Å². The molecule has 1 aliphatic heterocycles. The Bertz CT molecular complexity index is 533. The molecule has 1 fully saturated rings. The van der Waals surface area contributed by atoms with E-state index in [1.165, 1.54) is 12.1 Å². The van der Waals surface area contributed by atoms with E-state index in [-0.39, 0.29) is 11.0 Å². The lowest BCUT2D eigenvalue weighted by Gasteiger charge is -2.17. The maximum atomic E-state index is 10.9. The predicted octanol–water partition coefficient (Wildman–Crippen LogP) is 2.02. The van der Waals surface area contributed by atoms with E-state index in [2.05, 4.69) is 0 Å². The monoisotopic (exact) mass is 286 g/mol. The van der Waals surface area contributed by atoms with Gasteiger partial charge in [-0.25, -0.2) is 0 Å². The van der Waals surface area contributed by atoms with Crippen LogP contribution >= 0.6 is 0 Å². The highest BCUT2D eigenvalue weighted by Crippen LogP contribution is 2.25. The molecule has 1 aliphatic rings. The largest absolute Gasteiger partial charge is 0.348 e. The highest BCUT2D eigenvalue weighted by Gasteiger charge is 2.32. The lowest BCUT2D eigenvalue weighted by molar-refractivity contribution is -0.138. The first kappa shape index (κ1) is 14.5. The van der Waals surface area contributed by atoms with Crippen molar-refractivity contribution in [1.29, 1.82) is 0 Å². The third kappa shape index (κ3) is 4.01. The maximum Gasteiger partial charge on any atom is 0.294 e. The summed E-state index contributed by atoms with van der Waals surface area (Å²) in [6.45, 7) is 4.35. The normalized spacial score (nSPS) is 22.6. The van der Waals surface area contributed by atoms with Crippen LogP contribution in [0.25, 0.3) is 0 Å². The van der Waals surface area contributed by atoms with Gasteiger partial charge in [0.25, 0.3) is 10.1 Å². The first-order chi connectivity index (χ1) is 8.76. The van der Waals surface area contributed by atoms with E-state index in [9.17, 15) is 8.42 Å². The number of ether oxygens (including phenoxy) is 2. The van der Waals surface area contributed by atoms with Crippen molar-refractivity contribution in [1.82, 2.24) is 0 Å². The standard InChI is InChI=1S/C13H18O5S/c1-13(2)17-9-11(18-13)6-3-10-4-7-12(8-5-10)19(14,15)16/h4-5,7-8,11H,3,6,9H2,1-2H3,(H,14,15,16). The first-order valence-electron chi connectivity index (χ1n) is 6.14. The Balaban J connectivity index is 1.91. The van der Waals surface area contributed by atoms with Crippen LogP contribution in [0.4, 0.5) is 0 Å². The van der Waals surface area contributed by atoms with Crippen molar-refractivity contribution < 1.29 is 22.4 Å². The van der Waals surface area contributed by atoms with Crippen LogP contribution in [0.2, 0.25) is 0 Å². The first-order valence-corrected chi connectivity index (χ1v) is 7.58.